The molecule has 0 aliphatic heterocycles. The van der Waals surface area contributed by atoms with Gasteiger partial charge in [0.2, 0.25) is 0 Å². The molecule has 0 amide bonds. The minimum Gasteiger partial charge on any atom is -0.305 e. The van der Waals surface area contributed by atoms with E-state index in [1.54, 1.807) is 11.8 Å². The number of hydrogen-bond acceptors (Lipinski definition) is 4. The van der Waals surface area contributed by atoms with E-state index in [9.17, 15) is 0 Å². The first kappa shape index (κ1) is 14.6. The lowest BCUT2D eigenvalue weighted by Gasteiger charge is -2.08. The fourth-order valence-electron chi connectivity index (χ4n) is 1.96. The first-order valence-electron chi connectivity index (χ1n) is 6.62. The van der Waals surface area contributed by atoms with E-state index in [-0.39, 0.29) is 0 Å². The van der Waals surface area contributed by atoms with E-state index in [1.807, 2.05) is 23.7 Å². The molecular weight excluding hydrogens is 268 g/mol. The van der Waals surface area contributed by atoms with Crippen molar-refractivity contribution in [3.63, 3.8) is 0 Å². The zero-order valence-electron chi connectivity index (χ0n) is 12.0. The highest BCUT2D eigenvalue weighted by Crippen LogP contribution is 2.27. The van der Waals surface area contributed by atoms with Gasteiger partial charge in [0.1, 0.15) is 0 Å². The molecule has 4 nitrogen and oxygen atoms in total. The van der Waals surface area contributed by atoms with Crippen molar-refractivity contribution in [2.24, 2.45) is 7.05 Å². The number of rotatable bonds is 5. The van der Waals surface area contributed by atoms with Crippen LogP contribution in [0.2, 0.25) is 0 Å². The number of aryl methyl sites for hydroxylation is 1. The van der Waals surface area contributed by atoms with Gasteiger partial charge in [0, 0.05) is 24.3 Å². The Balaban J connectivity index is 2.17. The van der Waals surface area contributed by atoms with Crippen LogP contribution in [0.3, 0.4) is 0 Å². The summed E-state index contributed by atoms with van der Waals surface area (Å²) in [7, 11) is 1.98. The summed E-state index contributed by atoms with van der Waals surface area (Å²) in [6.45, 7) is 4.18. The Hall–Kier alpha value is -1.80. The molecule has 1 atom stereocenters. The van der Waals surface area contributed by atoms with Crippen LogP contribution in [0.4, 0.5) is 0 Å². The maximum atomic E-state index is 8.62. The third kappa shape index (κ3) is 3.40. The average molecular weight is 286 g/mol. The minimum atomic E-state index is 0.364. The van der Waals surface area contributed by atoms with Gasteiger partial charge in [0.05, 0.1) is 6.07 Å². The van der Waals surface area contributed by atoms with Gasteiger partial charge < -0.3 is 4.57 Å². The molecular formula is C15H18N4S. The molecule has 0 aliphatic carbocycles. The summed E-state index contributed by atoms with van der Waals surface area (Å²) in [5.74, 6) is 0.878. The van der Waals surface area contributed by atoms with Crippen molar-refractivity contribution in [3.05, 3.63) is 29.8 Å². The molecule has 0 unspecified atom stereocenters. The molecule has 0 N–H and O–H groups in total. The van der Waals surface area contributed by atoms with E-state index in [0.717, 1.165) is 23.0 Å². The van der Waals surface area contributed by atoms with E-state index >= 15 is 0 Å². The van der Waals surface area contributed by atoms with Gasteiger partial charge in [-0.2, -0.15) is 5.26 Å². The molecule has 20 heavy (non-hydrogen) atoms. The molecule has 1 aromatic heterocycles. The molecule has 0 saturated carbocycles. The SMILES string of the molecule is Cc1cccc(-c2nnc(S[C@H](C)CCC#N)n2C)c1. The average Bonchev–Trinajstić information content (AvgIpc) is 2.78. The molecule has 0 fully saturated rings. The largest absolute Gasteiger partial charge is 0.305 e. The number of nitrogens with zero attached hydrogens (tertiary/aromatic N) is 4. The molecule has 0 saturated heterocycles. The van der Waals surface area contributed by atoms with Gasteiger partial charge in [0.25, 0.3) is 0 Å². The molecule has 2 aromatic rings. The van der Waals surface area contributed by atoms with E-state index < -0.39 is 0 Å². The molecule has 0 aliphatic rings. The van der Waals surface area contributed by atoms with Crippen molar-refractivity contribution in [1.29, 1.82) is 5.26 Å². The molecule has 5 heteroatoms. The molecule has 0 spiro atoms. The fraction of sp³-hybridized carbons (Fsp3) is 0.400. The van der Waals surface area contributed by atoms with E-state index in [2.05, 4.69) is 42.2 Å². The highest BCUT2D eigenvalue weighted by molar-refractivity contribution is 7.99. The normalized spacial score (nSPS) is 12.1. The van der Waals surface area contributed by atoms with Crippen LogP contribution in [0, 0.1) is 18.3 Å². The summed E-state index contributed by atoms with van der Waals surface area (Å²) >= 11 is 1.67. The van der Waals surface area contributed by atoms with Crippen LogP contribution in [0.1, 0.15) is 25.3 Å². The summed E-state index contributed by atoms with van der Waals surface area (Å²) in [5.41, 5.74) is 2.29. The quantitative estimate of drug-likeness (QED) is 0.788. The molecule has 104 valence electrons. The van der Waals surface area contributed by atoms with E-state index in [0.29, 0.717) is 11.7 Å². The Morgan fingerprint density at radius 1 is 1.40 bits per heavy atom. The van der Waals surface area contributed by atoms with Crippen molar-refractivity contribution in [2.45, 2.75) is 37.1 Å². The molecule has 0 radical (unpaired) electrons. The highest BCUT2D eigenvalue weighted by Gasteiger charge is 2.14. The van der Waals surface area contributed by atoms with Crippen LogP contribution in [-0.4, -0.2) is 20.0 Å². The maximum absolute atomic E-state index is 8.62. The first-order valence-corrected chi connectivity index (χ1v) is 7.50. The third-order valence-electron chi connectivity index (χ3n) is 3.08. The lowest BCUT2D eigenvalue weighted by atomic mass is 10.1. The van der Waals surface area contributed by atoms with Crippen molar-refractivity contribution in [2.75, 3.05) is 0 Å². The fourth-order valence-corrected chi connectivity index (χ4v) is 2.89. The molecule has 0 bridgehead atoms. The predicted molar refractivity (Wildman–Crippen MR) is 81.3 cm³/mol. The van der Waals surface area contributed by atoms with Crippen molar-refractivity contribution in [1.82, 2.24) is 14.8 Å². The highest BCUT2D eigenvalue weighted by atomic mass is 32.2. The predicted octanol–water partition coefficient (Wildman–Crippen LogP) is 3.57. The molecule has 1 aromatic carbocycles. The second-order valence-corrected chi connectivity index (χ2v) is 6.27. The summed E-state index contributed by atoms with van der Waals surface area (Å²) in [5, 5.41) is 18.4. The van der Waals surface area contributed by atoms with Crippen molar-refractivity contribution < 1.29 is 0 Å². The summed E-state index contributed by atoms with van der Waals surface area (Å²) in [6.07, 6.45) is 1.45. The Morgan fingerprint density at radius 3 is 2.90 bits per heavy atom. The van der Waals surface area contributed by atoms with Gasteiger partial charge >= 0.3 is 0 Å². The van der Waals surface area contributed by atoms with E-state index in [4.69, 9.17) is 5.26 Å². The van der Waals surface area contributed by atoms with Crippen LogP contribution in [0.5, 0.6) is 0 Å². The number of hydrogen-bond donors (Lipinski definition) is 0. The van der Waals surface area contributed by atoms with E-state index in [1.165, 1.54) is 5.56 Å². The Bertz CT molecular complexity index is 627. The van der Waals surface area contributed by atoms with Crippen LogP contribution in [-0.2, 0) is 7.05 Å². The Morgan fingerprint density at radius 2 is 2.20 bits per heavy atom. The number of aromatic nitrogens is 3. The van der Waals surface area contributed by atoms with Gasteiger partial charge in [-0.3, -0.25) is 0 Å². The second kappa shape index (κ2) is 6.58. The summed E-state index contributed by atoms with van der Waals surface area (Å²) in [4.78, 5) is 0. The first-order chi connectivity index (χ1) is 9.61. The number of benzene rings is 1. The lowest BCUT2D eigenvalue weighted by Crippen LogP contribution is -2.00. The second-order valence-electron chi connectivity index (χ2n) is 4.86. The lowest BCUT2D eigenvalue weighted by molar-refractivity contribution is 0.776. The van der Waals surface area contributed by atoms with Crippen LogP contribution < -0.4 is 0 Å². The zero-order chi connectivity index (χ0) is 14.5. The number of thioether (sulfide) groups is 1. The van der Waals surface area contributed by atoms with Crippen LogP contribution in [0.15, 0.2) is 29.4 Å². The maximum Gasteiger partial charge on any atom is 0.191 e. The van der Waals surface area contributed by atoms with Gasteiger partial charge in [0.15, 0.2) is 11.0 Å². The summed E-state index contributed by atoms with van der Waals surface area (Å²) < 4.78 is 2.02. The van der Waals surface area contributed by atoms with Gasteiger partial charge in [-0.25, -0.2) is 0 Å². The van der Waals surface area contributed by atoms with Gasteiger partial charge in [-0.15, -0.1) is 10.2 Å². The van der Waals surface area contributed by atoms with Crippen LogP contribution in [0.25, 0.3) is 11.4 Å². The molecule has 1 heterocycles. The monoisotopic (exact) mass is 286 g/mol. The Kier molecular flexibility index (Phi) is 4.80. The van der Waals surface area contributed by atoms with Gasteiger partial charge in [-0.1, -0.05) is 42.4 Å². The zero-order valence-corrected chi connectivity index (χ0v) is 12.8. The smallest absolute Gasteiger partial charge is 0.191 e. The Labute approximate surface area is 123 Å². The van der Waals surface area contributed by atoms with Crippen molar-refractivity contribution >= 4 is 11.8 Å². The molecule has 2 rings (SSSR count). The minimum absolute atomic E-state index is 0.364. The third-order valence-corrected chi connectivity index (χ3v) is 4.28. The summed E-state index contributed by atoms with van der Waals surface area (Å²) in [6, 6.07) is 10.4. The number of nitriles is 1. The van der Waals surface area contributed by atoms with Crippen molar-refractivity contribution in [3.8, 4) is 17.5 Å². The van der Waals surface area contributed by atoms with Crippen LogP contribution >= 0.6 is 11.8 Å². The topological polar surface area (TPSA) is 54.5 Å². The standard InChI is InChI=1S/C15H18N4S/c1-11-6-4-8-13(10-11)14-17-18-15(19(14)3)20-12(2)7-5-9-16/h4,6,8,10,12H,5,7H2,1-3H3/t12-/m1/s1. The van der Waals surface area contributed by atoms with Gasteiger partial charge in [-0.05, 0) is 19.4 Å².